The predicted octanol–water partition coefficient (Wildman–Crippen LogP) is 3.92. The van der Waals surface area contributed by atoms with Crippen LogP contribution in [0.4, 0.5) is 10.1 Å². The van der Waals surface area contributed by atoms with Crippen LogP contribution in [-0.4, -0.2) is 15.7 Å². The van der Waals surface area contributed by atoms with Gasteiger partial charge >= 0.3 is 0 Å². The van der Waals surface area contributed by atoms with E-state index in [1.54, 1.807) is 41.3 Å². The molecule has 3 rings (SSSR count). The number of carbonyl (C=O) groups is 1. The highest BCUT2D eigenvalue weighted by molar-refractivity contribution is 6.31. The number of benzene rings is 2. The van der Waals surface area contributed by atoms with Crippen LogP contribution in [0, 0.1) is 5.82 Å². The molecule has 1 N–H and O–H groups in total. The fourth-order valence-electron chi connectivity index (χ4n) is 1.97. The van der Waals surface area contributed by atoms with Crippen LogP contribution in [0.2, 0.25) is 5.02 Å². The molecule has 110 valence electrons. The summed E-state index contributed by atoms with van der Waals surface area (Å²) >= 11 is 5.80. The molecule has 1 amide bonds. The highest BCUT2D eigenvalue weighted by Gasteiger charge is 2.10. The molecule has 4 nitrogen and oxygen atoms in total. The van der Waals surface area contributed by atoms with Gasteiger partial charge in [0.1, 0.15) is 5.82 Å². The standard InChI is InChI=1S/C16H11ClFN3O/c17-12-4-7-14(18)15(10-12)20-16(22)11-2-5-13(6-3-11)21-9-1-8-19-21/h1-10H,(H,20,22). The summed E-state index contributed by atoms with van der Waals surface area (Å²) in [7, 11) is 0. The number of nitrogens with one attached hydrogen (secondary N) is 1. The first kappa shape index (κ1) is 14.3. The second-order valence-corrected chi connectivity index (χ2v) is 5.01. The number of carbonyl (C=O) groups excluding carboxylic acids is 1. The van der Waals surface area contributed by atoms with E-state index in [1.807, 2.05) is 6.07 Å². The van der Waals surface area contributed by atoms with E-state index in [0.717, 1.165) is 5.69 Å². The molecule has 0 bridgehead atoms. The molecule has 0 unspecified atom stereocenters. The topological polar surface area (TPSA) is 46.9 Å². The molecule has 0 aliphatic heterocycles. The van der Waals surface area contributed by atoms with Gasteiger partial charge in [0.15, 0.2) is 0 Å². The van der Waals surface area contributed by atoms with Crippen LogP contribution < -0.4 is 5.32 Å². The Morgan fingerprint density at radius 2 is 1.95 bits per heavy atom. The number of hydrogen-bond acceptors (Lipinski definition) is 2. The highest BCUT2D eigenvalue weighted by Crippen LogP contribution is 2.20. The Kier molecular flexibility index (Phi) is 3.89. The van der Waals surface area contributed by atoms with E-state index in [2.05, 4.69) is 10.4 Å². The lowest BCUT2D eigenvalue weighted by atomic mass is 10.2. The van der Waals surface area contributed by atoms with Gasteiger partial charge in [-0.05, 0) is 48.5 Å². The van der Waals surface area contributed by atoms with Gasteiger partial charge in [0, 0.05) is 23.0 Å². The second kappa shape index (κ2) is 5.99. The first-order valence-electron chi connectivity index (χ1n) is 6.50. The van der Waals surface area contributed by atoms with E-state index in [0.29, 0.717) is 10.6 Å². The van der Waals surface area contributed by atoms with E-state index in [9.17, 15) is 9.18 Å². The van der Waals surface area contributed by atoms with Gasteiger partial charge in [0.05, 0.1) is 11.4 Å². The summed E-state index contributed by atoms with van der Waals surface area (Å²) in [6.45, 7) is 0. The van der Waals surface area contributed by atoms with E-state index >= 15 is 0 Å². The molecular weight excluding hydrogens is 305 g/mol. The van der Waals surface area contributed by atoms with Gasteiger partial charge < -0.3 is 5.32 Å². The Morgan fingerprint density at radius 1 is 1.18 bits per heavy atom. The van der Waals surface area contributed by atoms with Crippen molar-refractivity contribution in [3.63, 3.8) is 0 Å². The van der Waals surface area contributed by atoms with E-state index in [4.69, 9.17) is 11.6 Å². The van der Waals surface area contributed by atoms with E-state index < -0.39 is 11.7 Å². The Hall–Kier alpha value is -2.66. The third-order valence-electron chi connectivity index (χ3n) is 3.08. The lowest BCUT2D eigenvalue weighted by Gasteiger charge is -2.08. The lowest BCUT2D eigenvalue weighted by Crippen LogP contribution is -2.13. The van der Waals surface area contributed by atoms with Crippen LogP contribution in [0.1, 0.15) is 10.4 Å². The van der Waals surface area contributed by atoms with Crippen LogP contribution >= 0.6 is 11.6 Å². The van der Waals surface area contributed by atoms with Crippen LogP contribution in [0.5, 0.6) is 0 Å². The average Bonchev–Trinajstić information content (AvgIpc) is 3.05. The number of amides is 1. The van der Waals surface area contributed by atoms with Crippen molar-refractivity contribution in [3.8, 4) is 5.69 Å². The van der Waals surface area contributed by atoms with Crippen molar-refractivity contribution >= 4 is 23.2 Å². The zero-order valence-corrected chi connectivity index (χ0v) is 12.1. The van der Waals surface area contributed by atoms with Gasteiger partial charge in [-0.2, -0.15) is 5.10 Å². The second-order valence-electron chi connectivity index (χ2n) is 4.58. The number of halogens is 2. The average molecular weight is 316 g/mol. The Bertz CT molecular complexity index is 801. The predicted molar refractivity (Wildman–Crippen MR) is 82.9 cm³/mol. The molecular formula is C16H11ClFN3O. The molecule has 2 aromatic carbocycles. The zero-order chi connectivity index (χ0) is 15.5. The van der Waals surface area contributed by atoms with Crippen molar-refractivity contribution in [3.05, 3.63) is 77.3 Å². The van der Waals surface area contributed by atoms with Gasteiger partial charge in [-0.3, -0.25) is 4.79 Å². The summed E-state index contributed by atoms with van der Waals surface area (Å²) in [5.41, 5.74) is 1.29. The first-order valence-corrected chi connectivity index (χ1v) is 6.88. The van der Waals surface area contributed by atoms with Gasteiger partial charge in [0.25, 0.3) is 5.91 Å². The number of hydrogen-bond donors (Lipinski definition) is 1. The third-order valence-corrected chi connectivity index (χ3v) is 3.31. The van der Waals surface area contributed by atoms with Crippen LogP contribution in [0.25, 0.3) is 5.69 Å². The molecule has 0 atom stereocenters. The molecule has 0 saturated carbocycles. The summed E-state index contributed by atoms with van der Waals surface area (Å²) in [5.74, 6) is -0.945. The lowest BCUT2D eigenvalue weighted by molar-refractivity contribution is 0.102. The highest BCUT2D eigenvalue weighted by atomic mass is 35.5. The molecule has 0 aliphatic rings. The summed E-state index contributed by atoms with van der Waals surface area (Å²) in [6, 6.07) is 12.6. The van der Waals surface area contributed by atoms with Crippen LogP contribution in [0.15, 0.2) is 60.9 Å². The summed E-state index contributed by atoms with van der Waals surface area (Å²) < 4.78 is 15.3. The Balaban J connectivity index is 1.79. The van der Waals surface area contributed by atoms with Crippen molar-refractivity contribution in [1.29, 1.82) is 0 Å². The zero-order valence-electron chi connectivity index (χ0n) is 11.3. The molecule has 0 radical (unpaired) electrons. The minimum Gasteiger partial charge on any atom is -0.319 e. The maximum Gasteiger partial charge on any atom is 0.255 e. The monoisotopic (exact) mass is 315 g/mol. The molecule has 6 heteroatoms. The molecule has 1 aromatic heterocycles. The van der Waals surface area contributed by atoms with Crippen molar-refractivity contribution in [2.75, 3.05) is 5.32 Å². The number of anilines is 1. The molecule has 3 aromatic rings. The number of nitrogens with zero attached hydrogens (tertiary/aromatic N) is 2. The summed E-state index contributed by atoms with van der Waals surface area (Å²) in [6.07, 6.45) is 3.47. The molecule has 0 aliphatic carbocycles. The Labute approximate surface area is 131 Å². The van der Waals surface area contributed by atoms with Gasteiger partial charge in [-0.25, -0.2) is 9.07 Å². The summed E-state index contributed by atoms with van der Waals surface area (Å²) in [4.78, 5) is 12.1. The minimum atomic E-state index is -0.536. The number of aromatic nitrogens is 2. The van der Waals surface area contributed by atoms with Crippen LogP contribution in [0.3, 0.4) is 0 Å². The maximum atomic E-state index is 13.6. The van der Waals surface area contributed by atoms with Crippen molar-refractivity contribution in [1.82, 2.24) is 9.78 Å². The quantitative estimate of drug-likeness (QED) is 0.796. The Morgan fingerprint density at radius 3 is 2.64 bits per heavy atom. The molecule has 0 spiro atoms. The van der Waals surface area contributed by atoms with Gasteiger partial charge in [-0.15, -0.1) is 0 Å². The van der Waals surface area contributed by atoms with E-state index in [-0.39, 0.29) is 5.69 Å². The largest absolute Gasteiger partial charge is 0.319 e. The minimum absolute atomic E-state index is 0.0497. The van der Waals surface area contributed by atoms with Gasteiger partial charge in [-0.1, -0.05) is 11.6 Å². The fraction of sp³-hybridized carbons (Fsp3) is 0. The van der Waals surface area contributed by atoms with Crippen molar-refractivity contribution in [2.24, 2.45) is 0 Å². The SMILES string of the molecule is O=C(Nc1cc(Cl)ccc1F)c1ccc(-n2cccn2)cc1. The van der Waals surface area contributed by atoms with Gasteiger partial charge in [0.2, 0.25) is 0 Å². The van der Waals surface area contributed by atoms with Crippen LogP contribution in [-0.2, 0) is 0 Å². The first-order chi connectivity index (χ1) is 10.6. The normalized spacial score (nSPS) is 10.5. The van der Waals surface area contributed by atoms with Crippen molar-refractivity contribution < 1.29 is 9.18 Å². The number of rotatable bonds is 3. The molecule has 22 heavy (non-hydrogen) atoms. The van der Waals surface area contributed by atoms with Crippen molar-refractivity contribution in [2.45, 2.75) is 0 Å². The maximum absolute atomic E-state index is 13.6. The summed E-state index contributed by atoms with van der Waals surface area (Å²) in [5, 5.41) is 6.96. The molecule has 0 saturated heterocycles. The molecule has 1 heterocycles. The van der Waals surface area contributed by atoms with E-state index in [1.165, 1.54) is 18.2 Å². The smallest absolute Gasteiger partial charge is 0.255 e. The molecule has 0 fully saturated rings. The third kappa shape index (κ3) is 2.99. The fourth-order valence-corrected chi connectivity index (χ4v) is 2.15.